The van der Waals surface area contributed by atoms with Crippen molar-refractivity contribution in [2.45, 2.75) is 19.8 Å². The number of allylic oxidation sites excluding steroid dienone is 1. The Bertz CT molecular complexity index is 136. The molecule has 0 atom stereocenters. The molecule has 0 spiro atoms. The third kappa shape index (κ3) is 3.04. The van der Waals surface area contributed by atoms with Gasteiger partial charge in [0, 0.05) is 19.8 Å². The van der Waals surface area contributed by atoms with Crippen LogP contribution in [0.25, 0.3) is 0 Å². The van der Waals surface area contributed by atoms with Gasteiger partial charge in [-0.05, 0) is 25.7 Å². The van der Waals surface area contributed by atoms with Gasteiger partial charge in [0.15, 0.2) is 0 Å². The van der Waals surface area contributed by atoms with E-state index in [0.717, 1.165) is 26.1 Å². The molecule has 2 heteroatoms. The number of hydrogen-bond acceptors (Lipinski definition) is 2. The predicted molar refractivity (Wildman–Crippen MR) is 46.4 cm³/mol. The first kappa shape index (κ1) is 8.75. The lowest BCUT2D eigenvalue weighted by Gasteiger charge is -2.19. The molecule has 0 radical (unpaired) electrons. The van der Waals surface area contributed by atoms with Crippen LogP contribution in [-0.4, -0.2) is 19.8 Å². The average Bonchev–Trinajstić information content (AvgIpc) is 2.06. The van der Waals surface area contributed by atoms with Gasteiger partial charge in [0.1, 0.15) is 0 Å². The average molecular weight is 155 g/mol. The van der Waals surface area contributed by atoms with Gasteiger partial charge in [-0.1, -0.05) is 11.6 Å². The Morgan fingerprint density at radius 1 is 1.55 bits per heavy atom. The Labute approximate surface area is 68.4 Å². The molecule has 0 aliphatic carbocycles. The molecule has 1 fully saturated rings. The molecule has 11 heavy (non-hydrogen) atoms. The SMILES string of the molecule is CC(=CC1CCOCC1)CN. The first-order chi connectivity index (χ1) is 5.33. The Morgan fingerprint density at radius 3 is 2.73 bits per heavy atom. The second-order valence-electron chi connectivity index (χ2n) is 3.17. The van der Waals surface area contributed by atoms with Crippen molar-refractivity contribution in [2.75, 3.05) is 19.8 Å². The third-order valence-corrected chi connectivity index (χ3v) is 2.11. The summed E-state index contributed by atoms with van der Waals surface area (Å²) in [5.74, 6) is 0.715. The van der Waals surface area contributed by atoms with Crippen LogP contribution in [0, 0.1) is 5.92 Å². The molecule has 1 saturated heterocycles. The largest absolute Gasteiger partial charge is 0.381 e. The number of hydrogen-bond donors (Lipinski definition) is 1. The summed E-state index contributed by atoms with van der Waals surface area (Å²) in [6.07, 6.45) is 4.62. The highest BCUT2D eigenvalue weighted by atomic mass is 16.5. The summed E-state index contributed by atoms with van der Waals surface area (Å²) >= 11 is 0. The Hall–Kier alpha value is -0.340. The molecule has 0 saturated carbocycles. The lowest BCUT2D eigenvalue weighted by atomic mass is 9.98. The van der Waals surface area contributed by atoms with Crippen molar-refractivity contribution in [1.82, 2.24) is 0 Å². The topological polar surface area (TPSA) is 35.2 Å². The lowest BCUT2D eigenvalue weighted by molar-refractivity contribution is 0.0783. The zero-order valence-corrected chi connectivity index (χ0v) is 7.18. The van der Waals surface area contributed by atoms with Gasteiger partial charge in [-0.3, -0.25) is 0 Å². The molecule has 1 rings (SSSR count). The van der Waals surface area contributed by atoms with Crippen molar-refractivity contribution in [3.8, 4) is 0 Å². The van der Waals surface area contributed by atoms with Gasteiger partial charge in [-0.15, -0.1) is 0 Å². The van der Waals surface area contributed by atoms with Crippen molar-refractivity contribution in [1.29, 1.82) is 0 Å². The van der Waals surface area contributed by atoms with Crippen molar-refractivity contribution in [3.63, 3.8) is 0 Å². The number of nitrogens with two attached hydrogens (primary N) is 1. The molecular formula is C9H17NO. The maximum Gasteiger partial charge on any atom is 0.0471 e. The zero-order chi connectivity index (χ0) is 8.10. The van der Waals surface area contributed by atoms with Crippen LogP contribution in [0.15, 0.2) is 11.6 Å². The van der Waals surface area contributed by atoms with Crippen LogP contribution in [0.2, 0.25) is 0 Å². The molecule has 0 aromatic rings. The molecule has 64 valence electrons. The van der Waals surface area contributed by atoms with Gasteiger partial charge in [0.05, 0.1) is 0 Å². The monoisotopic (exact) mass is 155 g/mol. The first-order valence-corrected chi connectivity index (χ1v) is 4.28. The van der Waals surface area contributed by atoms with Crippen LogP contribution in [0.1, 0.15) is 19.8 Å². The smallest absolute Gasteiger partial charge is 0.0471 e. The summed E-state index contributed by atoms with van der Waals surface area (Å²) in [6, 6.07) is 0. The van der Waals surface area contributed by atoms with Crippen LogP contribution < -0.4 is 5.73 Å². The molecule has 0 unspecified atom stereocenters. The van der Waals surface area contributed by atoms with E-state index < -0.39 is 0 Å². The van der Waals surface area contributed by atoms with E-state index in [1.165, 1.54) is 5.57 Å². The lowest BCUT2D eigenvalue weighted by Crippen LogP contribution is -2.14. The molecule has 1 aliphatic heterocycles. The highest BCUT2D eigenvalue weighted by Crippen LogP contribution is 2.17. The fourth-order valence-electron chi connectivity index (χ4n) is 1.35. The van der Waals surface area contributed by atoms with Crippen LogP contribution in [0.3, 0.4) is 0 Å². The standard InChI is InChI=1S/C9H17NO/c1-8(7-10)6-9-2-4-11-5-3-9/h6,9H,2-5,7,10H2,1H3. The summed E-state index contributed by atoms with van der Waals surface area (Å²) in [4.78, 5) is 0. The molecule has 0 bridgehead atoms. The number of rotatable bonds is 2. The summed E-state index contributed by atoms with van der Waals surface area (Å²) in [7, 11) is 0. The second-order valence-corrected chi connectivity index (χ2v) is 3.17. The normalized spacial score (nSPS) is 22.2. The van der Waals surface area contributed by atoms with Gasteiger partial charge >= 0.3 is 0 Å². The van der Waals surface area contributed by atoms with Crippen LogP contribution >= 0.6 is 0 Å². The molecule has 0 aromatic heterocycles. The molecule has 2 nitrogen and oxygen atoms in total. The minimum atomic E-state index is 0.692. The Balaban J connectivity index is 2.34. The van der Waals surface area contributed by atoms with Gasteiger partial charge < -0.3 is 10.5 Å². The van der Waals surface area contributed by atoms with E-state index in [9.17, 15) is 0 Å². The Morgan fingerprint density at radius 2 is 2.18 bits per heavy atom. The fourth-order valence-corrected chi connectivity index (χ4v) is 1.35. The van der Waals surface area contributed by atoms with Crippen molar-refractivity contribution in [2.24, 2.45) is 11.7 Å². The van der Waals surface area contributed by atoms with Crippen molar-refractivity contribution in [3.05, 3.63) is 11.6 Å². The summed E-state index contributed by atoms with van der Waals surface area (Å²) in [6.45, 7) is 4.62. The Kier molecular flexibility index (Phi) is 3.60. The van der Waals surface area contributed by atoms with Gasteiger partial charge in [0.25, 0.3) is 0 Å². The highest BCUT2D eigenvalue weighted by molar-refractivity contribution is 5.02. The third-order valence-electron chi connectivity index (χ3n) is 2.11. The fraction of sp³-hybridized carbons (Fsp3) is 0.778. The minimum Gasteiger partial charge on any atom is -0.381 e. The van der Waals surface area contributed by atoms with E-state index in [4.69, 9.17) is 10.5 Å². The van der Waals surface area contributed by atoms with E-state index in [0.29, 0.717) is 12.5 Å². The molecule has 1 heterocycles. The van der Waals surface area contributed by atoms with E-state index in [2.05, 4.69) is 13.0 Å². The highest BCUT2D eigenvalue weighted by Gasteiger charge is 2.10. The number of ether oxygens (including phenoxy) is 1. The second kappa shape index (κ2) is 4.52. The summed E-state index contributed by atoms with van der Waals surface area (Å²) < 4.78 is 5.25. The minimum absolute atomic E-state index is 0.692. The van der Waals surface area contributed by atoms with Crippen molar-refractivity contribution >= 4 is 0 Å². The van der Waals surface area contributed by atoms with E-state index >= 15 is 0 Å². The molecule has 2 N–H and O–H groups in total. The summed E-state index contributed by atoms with van der Waals surface area (Å²) in [5.41, 5.74) is 6.79. The van der Waals surface area contributed by atoms with Crippen molar-refractivity contribution < 1.29 is 4.74 Å². The zero-order valence-electron chi connectivity index (χ0n) is 7.18. The van der Waals surface area contributed by atoms with E-state index in [1.54, 1.807) is 0 Å². The molecule has 0 aromatic carbocycles. The first-order valence-electron chi connectivity index (χ1n) is 4.28. The molecular weight excluding hydrogens is 138 g/mol. The molecule has 0 amide bonds. The van der Waals surface area contributed by atoms with Gasteiger partial charge in [-0.25, -0.2) is 0 Å². The predicted octanol–water partition coefficient (Wildman–Crippen LogP) is 1.32. The maximum atomic E-state index is 5.49. The molecule has 1 aliphatic rings. The quantitative estimate of drug-likeness (QED) is 0.610. The van der Waals surface area contributed by atoms with Crippen LogP contribution in [0.4, 0.5) is 0 Å². The van der Waals surface area contributed by atoms with E-state index in [-0.39, 0.29) is 0 Å². The van der Waals surface area contributed by atoms with E-state index in [1.807, 2.05) is 0 Å². The van der Waals surface area contributed by atoms with Crippen LogP contribution in [0.5, 0.6) is 0 Å². The van der Waals surface area contributed by atoms with Gasteiger partial charge in [0.2, 0.25) is 0 Å². The van der Waals surface area contributed by atoms with Crippen LogP contribution in [-0.2, 0) is 4.74 Å². The maximum absolute atomic E-state index is 5.49. The summed E-state index contributed by atoms with van der Waals surface area (Å²) in [5, 5.41) is 0. The van der Waals surface area contributed by atoms with Gasteiger partial charge in [-0.2, -0.15) is 0 Å².